The number of aromatic nitrogens is 1. The summed E-state index contributed by atoms with van der Waals surface area (Å²) in [6.07, 6.45) is 0. The molecule has 0 saturated carbocycles. The summed E-state index contributed by atoms with van der Waals surface area (Å²) in [6, 6.07) is 21.1. The van der Waals surface area contributed by atoms with Gasteiger partial charge in [0.15, 0.2) is 0 Å². The number of nitriles is 1. The van der Waals surface area contributed by atoms with Crippen LogP contribution >= 0.6 is 11.6 Å². The molecule has 1 aromatic heterocycles. The van der Waals surface area contributed by atoms with Crippen LogP contribution in [0.2, 0.25) is 5.02 Å². The molecule has 0 unspecified atom stereocenters. The molecule has 4 heteroatoms. The lowest BCUT2D eigenvalue weighted by atomic mass is 10.1. The van der Waals surface area contributed by atoms with Gasteiger partial charge in [0.05, 0.1) is 11.3 Å². The number of para-hydroxylation sites is 1. The number of halogens is 1. The predicted octanol–water partition coefficient (Wildman–Crippen LogP) is 4.25. The number of nitrogens with two attached hydrogens (primary N) is 1. The Balaban J connectivity index is 2.26. The highest BCUT2D eigenvalue weighted by molar-refractivity contribution is 6.30. The first kappa shape index (κ1) is 13.3. The number of benzene rings is 2. The Morgan fingerprint density at radius 2 is 1.67 bits per heavy atom. The summed E-state index contributed by atoms with van der Waals surface area (Å²) in [5, 5.41) is 9.90. The summed E-state index contributed by atoms with van der Waals surface area (Å²) in [4.78, 5) is 0. The molecule has 0 radical (unpaired) electrons. The van der Waals surface area contributed by atoms with Crippen molar-refractivity contribution >= 4 is 17.4 Å². The van der Waals surface area contributed by atoms with Gasteiger partial charge in [0, 0.05) is 10.7 Å². The van der Waals surface area contributed by atoms with Crippen molar-refractivity contribution in [3.8, 4) is 23.0 Å². The summed E-state index contributed by atoms with van der Waals surface area (Å²) >= 11 is 5.94. The van der Waals surface area contributed by atoms with Crippen LogP contribution in [0.5, 0.6) is 0 Å². The monoisotopic (exact) mass is 293 g/mol. The average molecular weight is 294 g/mol. The molecule has 1 heterocycles. The Bertz CT molecular complexity index is 812. The van der Waals surface area contributed by atoms with Gasteiger partial charge in [0.2, 0.25) is 0 Å². The molecule has 0 aliphatic rings. The second-order valence-corrected chi connectivity index (χ2v) is 5.05. The Kier molecular flexibility index (Phi) is 3.39. The molecule has 2 N–H and O–H groups in total. The maximum absolute atomic E-state index is 9.23. The molecule has 0 saturated heterocycles. The van der Waals surface area contributed by atoms with Crippen LogP contribution in [0.25, 0.3) is 16.9 Å². The fraction of sp³-hybridized carbons (Fsp3) is 0. The van der Waals surface area contributed by atoms with Gasteiger partial charge < -0.3 is 5.73 Å². The van der Waals surface area contributed by atoms with Crippen molar-refractivity contribution in [3.63, 3.8) is 0 Å². The first-order chi connectivity index (χ1) is 10.2. The van der Waals surface area contributed by atoms with Gasteiger partial charge in [-0.25, -0.2) is 0 Å². The first-order valence-electron chi connectivity index (χ1n) is 6.43. The highest BCUT2D eigenvalue weighted by atomic mass is 35.5. The van der Waals surface area contributed by atoms with Crippen molar-refractivity contribution in [2.24, 2.45) is 0 Å². The van der Waals surface area contributed by atoms with E-state index in [1.807, 2.05) is 59.2 Å². The minimum atomic E-state index is 0.439. The quantitative estimate of drug-likeness (QED) is 0.768. The van der Waals surface area contributed by atoms with Crippen molar-refractivity contribution in [2.75, 3.05) is 5.73 Å². The van der Waals surface area contributed by atoms with Crippen molar-refractivity contribution in [3.05, 3.63) is 71.2 Å². The molecule has 3 rings (SSSR count). The van der Waals surface area contributed by atoms with E-state index in [0.717, 1.165) is 16.9 Å². The lowest BCUT2D eigenvalue weighted by molar-refractivity contribution is 1.10. The summed E-state index contributed by atoms with van der Waals surface area (Å²) in [5.74, 6) is 0.439. The minimum absolute atomic E-state index is 0.439. The largest absolute Gasteiger partial charge is 0.384 e. The molecule has 0 aliphatic heterocycles. The van der Waals surface area contributed by atoms with Crippen LogP contribution < -0.4 is 5.73 Å². The van der Waals surface area contributed by atoms with Crippen LogP contribution in [0.4, 0.5) is 5.82 Å². The smallest absolute Gasteiger partial charge is 0.126 e. The van der Waals surface area contributed by atoms with Crippen LogP contribution in [0.3, 0.4) is 0 Å². The first-order valence-corrected chi connectivity index (χ1v) is 6.81. The molecule has 0 spiro atoms. The van der Waals surface area contributed by atoms with Crippen LogP contribution in [-0.4, -0.2) is 4.57 Å². The zero-order chi connectivity index (χ0) is 14.8. The van der Waals surface area contributed by atoms with Crippen molar-refractivity contribution in [2.45, 2.75) is 0 Å². The molecule has 102 valence electrons. The third-order valence-electron chi connectivity index (χ3n) is 3.31. The molecule has 0 bridgehead atoms. The second kappa shape index (κ2) is 5.35. The van der Waals surface area contributed by atoms with E-state index in [-0.39, 0.29) is 0 Å². The maximum Gasteiger partial charge on any atom is 0.126 e. The molecule has 0 amide bonds. The highest BCUT2D eigenvalue weighted by Gasteiger charge is 2.15. The van der Waals surface area contributed by atoms with Crippen molar-refractivity contribution in [1.82, 2.24) is 4.57 Å². The third-order valence-corrected chi connectivity index (χ3v) is 3.57. The van der Waals surface area contributed by atoms with Crippen LogP contribution in [0, 0.1) is 11.3 Å². The van der Waals surface area contributed by atoms with Gasteiger partial charge >= 0.3 is 0 Å². The zero-order valence-electron chi connectivity index (χ0n) is 11.1. The van der Waals surface area contributed by atoms with E-state index in [9.17, 15) is 5.26 Å². The van der Waals surface area contributed by atoms with Gasteiger partial charge in [0.1, 0.15) is 11.9 Å². The zero-order valence-corrected chi connectivity index (χ0v) is 11.9. The van der Waals surface area contributed by atoms with E-state index >= 15 is 0 Å². The third kappa shape index (κ3) is 2.37. The van der Waals surface area contributed by atoms with E-state index < -0.39 is 0 Å². The fourth-order valence-corrected chi connectivity index (χ4v) is 2.43. The fourth-order valence-electron chi connectivity index (χ4n) is 2.30. The Morgan fingerprint density at radius 3 is 2.29 bits per heavy atom. The van der Waals surface area contributed by atoms with Gasteiger partial charge in [-0.1, -0.05) is 41.9 Å². The van der Waals surface area contributed by atoms with Crippen molar-refractivity contribution in [1.29, 1.82) is 5.26 Å². The minimum Gasteiger partial charge on any atom is -0.384 e. The van der Waals surface area contributed by atoms with Crippen LogP contribution in [-0.2, 0) is 0 Å². The average Bonchev–Trinajstić information content (AvgIpc) is 2.85. The summed E-state index contributed by atoms with van der Waals surface area (Å²) in [7, 11) is 0. The van der Waals surface area contributed by atoms with Gasteiger partial charge in [0.25, 0.3) is 0 Å². The molecule has 3 aromatic rings. The molecule has 3 nitrogen and oxygen atoms in total. The molecule has 0 atom stereocenters. The summed E-state index contributed by atoms with van der Waals surface area (Å²) < 4.78 is 1.88. The van der Waals surface area contributed by atoms with Crippen LogP contribution in [0.15, 0.2) is 60.7 Å². The van der Waals surface area contributed by atoms with Gasteiger partial charge in [-0.15, -0.1) is 0 Å². The van der Waals surface area contributed by atoms with E-state index in [0.29, 0.717) is 16.4 Å². The molecule has 21 heavy (non-hydrogen) atoms. The van der Waals surface area contributed by atoms with Crippen LogP contribution in [0.1, 0.15) is 5.56 Å². The standard InChI is InChI=1S/C17H12ClN3/c18-14-8-6-12(7-9-14)16-10-13(11-19)17(20)21(16)15-4-2-1-3-5-15/h1-10H,20H2. The maximum atomic E-state index is 9.23. The normalized spacial score (nSPS) is 10.3. The Morgan fingerprint density at radius 1 is 1.00 bits per heavy atom. The highest BCUT2D eigenvalue weighted by Crippen LogP contribution is 2.31. The number of anilines is 1. The number of rotatable bonds is 2. The van der Waals surface area contributed by atoms with Gasteiger partial charge in [-0.2, -0.15) is 5.26 Å². The topological polar surface area (TPSA) is 54.7 Å². The van der Waals surface area contributed by atoms with E-state index in [1.165, 1.54) is 0 Å². The number of nitrogen functional groups attached to an aromatic ring is 1. The van der Waals surface area contributed by atoms with E-state index in [1.54, 1.807) is 6.07 Å². The lowest BCUT2D eigenvalue weighted by Crippen LogP contribution is -2.02. The Hall–Kier alpha value is -2.70. The summed E-state index contributed by atoms with van der Waals surface area (Å²) in [5.41, 5.74) is 9.33. The summed E-state index contributed by atoms with van der Waals surface area (Å²) in [6.45, 7) is 0. The number of nitrogens with zero attached hydrogens (tertiary/aromatic N) is 2. The molecular formula is C17H12ClN3. The van der Waals surface area contributed by atoms with E-state index in [2.05, 4.69) is 6.07 Å². The number of hydrogen-bond acceptors (Lipinski definition) is 2. The lowest BCUT2D eigenvalue weighted by Gasteiger charge is -2.11. The molecule has 0 aliphatic carbocycles. The molecular weight excluding hydrogens is 282 g/mol. The van der Waals surface area contributed by atoms with Gasteiger partial charge in [-0.05, 0) is 35.9 Å². The molecule has 0 fully saturated rings. The number of hydrogen-bond donors (Lipinski definition) is 1. The SMILES string of the molecule is N#Cc1cc(-c2ccc(Cl)cc2)n(-c2ccccc2)c1N. The molecule has 2 aromatic carbocycles. The predicted molar refractivity (Wildman–Crippen MR) is 85.3 cm³/mol. The van der Waals surface area contributed by atoms with E-state index in [4.69, 9.17) is 17.3 Å². The Labute approximate surface area is 127 Å². The van der Waals surface area contributed by atoms with Gasteiger partial charge in [-0.3, -0.25) is 4.57 Å². The second-order valence-electron chi connectivity index (χ2n) is 4.62. The van der Waals surface area contributed by atoms with Crippen molar-refractivity contribution < 1.29 is 0 Å².